The van der Waals surface area contributed by atoms with Gasteiger partial charge in [0.1, 0.15) is 0 Å². The average Bonchev–Trinajstić information content (AvgIpc) is 1.85. The Morgan fingerprint density at radius 1 is 1.00 bits per heavy atom. The zero-order chi connectivity index (χ0) is 7.11. The summed E-state index contributed by atoms with van der Waals surface area (Å²) < 4.78 is 0. The van der Waals surface area contributed by atoms with Gasteiger partial charge in [-0.2, -0.15) is 0 Å². The fourth-order valence-electron chi connectivity index (χ4n) is 0.850. The van der Waals surface area contributed by atoms with Crippen LogP contribution < -0.4 is 34.0 Å². The molecule has 0 saturated heterocycles. The number of rotatable bonds is 5. The maximum absolute atomic E-state index is 5.69. The van der Waals surface area contributed by atoms with Crippen LogP contribution in [0.4, 0.5) is 0 Å². The van der Waals surface area contributed by atoms with Gasteiger partial charge in [-0.3, -0.25) is 5.57 Å². The maximum Gasteiger partial charge on any atom is 2.00 e. The molecule has 0 aliphatic rings. The van der Waals surface area contributed by atoms with Gasteiger partial charge in [0, 0.05) is 0 Å². The molecule has 0 fully saturated rings. The van der Waals surface area contributed by atoms with Crippen LogP contribution in [0.5, 0.6) is 0 Å². The first kappa shape index (κ1) is 29.4. The van der Waals surface area contributed by atoms with Crippen molar-refractivity contribution in [2.75, 3.05) is 0 Å². The molecular weight excluding hydrogens is 356 g/mol. The molecule has 0 aliphatic carbocycles. The molecule has 4 heteroatoms. The number of allylic oxidation sites excluding steroid dienone is 1. The molecule has 0 nitrogen and oxygen atoms in total. The van der Waals surface area contributed by atoms with Crippen LogP contribution in [0.2, 0.25) is 0 Å². The fraction of sp³-hybridized carbons (Fsp3) is 0.778. The predicted octanol–water partition coefficient (Wildman–Crippen LogP) is -3.04. The summed E-state index contributed by atoms with van der Waals surface area (Å²) in [4.78, 5) is 0. The number of halogens is 2. The van der Waals surface area contributed by atoms with Gasteiger partial charge < -0.3 is 40.5 Å². The Morgan fingerprint density at radius 3 is 1.77 bits per heavy atom. The van der Waals surface area contributed by atoms with E-state index in [1.807, 2.05) is 0 Å². The van der Waals surface area contributed by atoms with Gasteiger partial charge in [-0.25, -0.2) is 0 Å². The summed E-state index contributed by atoms with van der Waals surface area (Å²) in [6, 6.07) is 0. The Labute approximate surface area is 131 Å². The van der Waals surface area contributed by atoms with Gasteiger partial charge in [0.05, 0.1) is 0 Å². The summed E-state index contributed by atoms with van der Waals surface area (Å²) in [5, 5.41) is 0. The zero-order valence-corrected chi connectivity index (χ0v) is 13.9. The molecule has 0 aromatic rings. The van der Waals surface area contributed by atoms with E-state index < -0.39 is 0 Å². The average molecular weight is 373 g/mol. The van der Waals surface area contributed by atoms with Crippen LogP contribution >= 0.6 is 0 Å². The van der Waals surface area contributed by atoms with Gasteiger partial charge in [0.25, 0.3) is 0 Å². The molecule has 0 atom stereocenters. The van der Waals surface area contributed by atoms with Crippen molar-refractivity contribution < 1.29 is 51.0 Å². The quantitative estimate of drug-likeness (QED) is 0.356. The standard InChI is InChI=1S/C9H17.2BrH.Cu.Mg/c1-4-6-8-9(3)7-5-2;;;;/h3H,4-8H2,1-2H3;2*1H;;/q-1;;;+1;+2/p-2. The summed E-state index contributed by atoms with van der Waals surface area (Å²) >= 11 is 0. The Kier molecular flexibility index (Phi) is 53.5. The first-order chi connectivity index (χ1) is 4.31. The van der Waals surface area contributed by atoms with Crippen LogP contribution in [0.15, 0.2) is 5.57 Å². The Morgan fingerprint density at radius 2 is 1.46 bits per heavy atom. The summed E-state index contributed by atoms with van der Waals surface area (Å²) in [6.45, 7) is 10.0. The molecule has 0 radical (unpaired) electrons. The first-order valence-electron chi connectivity index (χ1n) is 3.91. The second-order valence-corrected chi connectivity index (χ2v) is 2.51. The van der Waals surface area contributed by atoms with Crippen LogP contribution in [0, 0.1) is 6.58 Å². The topological polar surface area (TPSA) is 0 Å². The summed E-state index contributed by atoms with van der Waals surface area (Å²) in [5.41, 5.74) is 1.18. The molecule has 0 aliphatic heterocycles. The molecule has 0 saturated carbocycles. The Balaban J connectivity index is -0.0000000533. The van der Waals surface area contributed by atoms with Crippen molar-refractivity contribution >= 4 is 23.1 Å². The minimum atomic E-state index is 0. The van der Waals surface area contributed by atoms with Crippen LogP contribution in [0.3, 0.4) is 0 Å². The molecule has 0 bridgehead atoms. The molecular formula is C9H17Br2CuMg. The van der Waals surface area contributed by atoms with E-state index in [-0.39, 0.29) is 74.1 Å². The van der Waals surface area contributed by atoms with Crippen molar-refractivity contribution in [2.24, 2.45) is 0 Å². The molecule has 0 heterocycles. The van der Waals surface area contributed by atoms with E-state index in [0.29, 0.717) is 0 Å². The normalized spacial score (nSPS) is 6.62. The van der Waals surface area contributed by atoms with Crippen molar-refractivity contribution in [1.29, 1.82) is 0 Å². The minimum absolute atomic E-state index is 0. The van der Waals surface area contributed by atoms with Gasteiger partial charge in [-0.15, -0.1) is 0 Å². The van der Waals surface area contributed by atoms with Crippen molar-refractivity contribution in [2.45, 2.75) is 46.0 Å². The van der Waals surface area contributed by atoms with Crippen LogP contribution in [0.1, 0.15) is 46.0 Å². The maximum atomic E-state index is 5.69. The fourth-order valence-corrected chi connectivity index (χ4v) is 0.850. The molecule has 0 N–H and O–H groups in total. The van der Waals surface area contributed by atoms with Crippen molar-refractivity contribution in [1.82, 2.24) is 0 Å². The number of unbranched alkanes of at least 4 members (excludes halogenated alkanes) is 1. The van der Waals surface area contributed by atoms with E-state index in [2.05, 4.69) is 13.8 Å². The van der Waals surface area contributed by atoms with E-state index in [1.54, 1.807) is 0 Å². The molecule has 0 aromatic heterocycles. The Bertz CT molecular complexity index is 89.7. The van der Waals surface area contributed by atoms with Gasteiger partial charge in [-0.05, 0) is 0 Å². The van der Waals surface area contributed by atoms with Gasteiger partial charge in [0.15, 0.2) is 0 Å². The predicted molar refractivity (Wildman–Crippen MR) is 48.0 cm³/mol. The first-order valence-corrected chi connectivity index (χ1v) is 3.91. The van der Waals surface area contributed by atoms with Gasteiger partial charge in [0.2, 0.25) is 0 Å². The molecule has 0 aromatic carbocycles. The minimum Gasteiger partial charge on any atom is -1.00 e. The largest absolute Gasteiger partial charge is 2.00 e. The third-order valence-corrected chi connectivity index (χ3v) is 1.42. The smallest absolute Gasteiger partial charge is 1.00 e. The number of hydrogen-bond donors (Lipinski definition) is 0. The monoisotopic (exact) mass is 370 g/mol. The number of hydrogen-bond acceptors (Lipinski definition) is 0. The van der Waals surface area contributed by atoms with Crippen molar-refractivity contribution in [3.63, 3.8) is 0 Å². The van der Waals surface area contributed by atoms with Crippen LogP contribution in [0.25, 0.3) is 0 Å². The van der Waals surface area contributed by atoms with E-state index in [4.69, 9.17) is 6.58 Å². The van der Waals surface area contributed by atoms with E-state index in [9.17, 15) is 0 Å². The molecule has 0 rings (SSSR count). The van der Waals surface area contributed by atoms with Crippen molar-refractivity contribution in [3.05, 3.63) is 12.2 Å². The van der Waals surface area contributed by atoms with Gasteiger partial charge in [-0.1, -0.05) is 46.0 Å². The molecule has 0 spiro atoms. The third kappa shape index (κ3) is 24.9. The van der Waals surface area contributed by atoms with E-state index >= 15 is 0 Å². The Hall–Kier alpha value is 1.99. The SMILES string of the molecule is [Br-].[Br-].[CH-]=C(CCC)CCCC.[Cu+].[Mg+2]. The molecule has 80 valence electrons. The summed E-state index contributed by atoms with van der Waals surface area (Å²) in [6.07, 6.45) is 5.94. The third-order valence-electron chi connectivity index (χ3n) is 1.42. The second kappa shape index (κ2) is 23.7. The summed E-state index contributed by atoms with van der Waals surface area (Å²) in [7, 11) is 0. The molecule has 13 heavy (non-hydrogen) atoms. The van der Waals surface area contributed by atoms with Crippen LogP contribution in [-0.4, -0.2) is 23.1 Å². The van der Waals surface area contributed by atoms with E-state index in [0.717, 1.165) is 12.8 Å². The summed E-state index contributed by atoms with van der Waals surface area (Å²) in [5.74, 6) is 0. The second-order valence-electron chi connectivity index (χ2n) is 2.51. The van der Waals surface area contributed by atoms with Crippen LogP contribution in [-0.2, 0) is 17.1 Å². The molecule has 0 amide bonds. The van der Waals surface area contributed by atoms with Crippen molar-refractivity contribution in [3.8, 4) is 0 Å². The van der Waals surface area contributed by atoms with Gasteiger partial charge >= 0.3 is 40.1 Å². The zero-order valence-electron chi connectivity index (χ0n) is 8.38. The molecule has 0 unspecified atom stereocenters. The van der Waals surface area contributed by atoms with E-state index in [1.165, 1.54) is 24.8 Å².